The van der Waals surface area contributed by atoms with Crippen LogP contribution in [0.1, 0.15) is 24.1 Å². The molecule has 0 saturated carbocycles. The van der Waals surface area contributed by atoms with Crippen LogP contribution >= 0.6 is 12.4 Å². The lowest BCUT2D eigenvalue weighted by atomic mass is 9.97. The molecule has 1 aliphatic rings. The molecule has 0 radical (unpaired) electrons. The molecule has 104 valence electrons. The van der Waals surface area contributed by atoms with Crippen molar-refractivity contribution < 1.29 is 0 Å². The lowest BCUT2D eigenvalue weighted by Crippen LogP contribution is -2.29. The second kappa shape index (κ2) is 6.10. The molecule has 1 atom stereocenters. The molecule has 3 heteroatoms. The van der Waals surface area contributed by atoms with Crippen molar-refractivity contribution in [2.75, 3.05) is 7.05 Å². The number of para-hydroxylation sites is 1. The van der Waals surface area contributed by atoms with Crippen molar-refractivity contribution in [1.29, 1.82) is 0 Å². The van der Waals surface area contributed by atoms with Gasteiger partial charge in [-0.05, 0) is 30.5 Å². The monoisotopic (exact) mass is 286 g/mol. The molecule has 2 aromatic rings. The van der Waals surface area contributed by atoms with Crippen LogP contribution in [0.25, 0.3) is 0 Å². The summed E-state index contributed by atoms with van der Waals surface area (Å²) >= 11 is 0. The van der Waals surface area contributed by atoms with Gasteiger partial charge in [0.05, 0.1) is 11.7 Å². The molecule has 0 bridgehead atoms. The summed E-state index contributed by atoms with van der Waals surface area (Å²) < 4.78 is 0. The summed E-state index contributed by atoms with van der Waals surface area (Å²) in [6.07, 6.45) is 0.998. The first kappa shape index (κ1) is 14.6. The van der Waals surface area contributed by atoms with Crippen LogP contribution in [-0.2, 0) is 6.42 Å². The summed E-state index contributed by atoms with van der Waals surface area (Å²) in [7, 11) is 2.13. The molecule has 0 unspecified atom stereocenters. The van der Waals surface area contributed by atoms with Crippen LogP contribution in [0.2, 0.25) is 0 Å². The Balaban J connectivity index is 0.00000147. The van der Waals surface area contributed by atoms with Gasteiger partial charge in [0.1, 0.15) is 5.84 Å². The van der Waals surface area contributed by atoms with E-state index in [2.05, 4.69) is 73.5 Å². The number of likely N-dealkylation sites (N-methyl/N-ethyl adjacent to an activating group) is 1. The lowest BCUT2D eigenvalue weighted by molar-refractivity contribution is 0.374. The third-order valence-corrected chi connectivity index (χ3v) is 3.85. The van der Waals surface area contributed by atoms with Gasteiger partial charge in [-0.25, -0.2) is 4.99 Å². The Morgan fingerprint density at radius 3 is 2.40 bits per heavy atom. The van der Waals surface area contributed by atoms with Crippen molar-refractivity contribution in [3.8, 4) is 0 Å². The second-order valence-electron chi connectivity index (χ2n) is 5.03. The number of hydrogen-bond acceptors (Lipinski definition) is 2. The highest BCUT2D eigenvalue weighted by atomic mass is 35.5. The molecule has 0 aromatic heterocycles. The molecule has 0 aliphatic carbocycles. The number of aliphatic imine (C=N–C) groups is 1. The minimum Gasteiger partial charge on any atom is -0.356 e. The number of rotatable bonds is 1. The van der Waals surface area contributed by atoms with E-state index in [0.717, 1.165) is 17.9 Å². The van der Waals surface area contributed by atoms with E-state index < -0.39 is 0 Å². The first-order valence-electron chi connectivity index (χ1n) is 6.66. The van der Waals surface area contributed by atoms with Crippen LogP contribution in [0.4, 0.5) is 5.69 Å². The van der Waals surface area contributed by atoms with Crippen LogP contribution < -0.4 is 0 Å². The smallest absolute Gasteiger partial charge is 0.102 e. The van der Waals surface area contributed by atoms with E-state index in [0.29, 0.717) is 6.04 Å². The van der Waals surface area contributed by atoms with Gasteiger partial charge in [0, 0.05) is 7.05 Å². The summed E-state index contributed by atoms with van der Waals surface area (Å²) in [6.45, 7) is 2.08. The molecule has 3 rings (SSSR count). The summed E-state index contributed by atoms with van der Waals surface area (Å²) in [5.74, 6) is 1.07. The van der Waals surface area contributed by atoms with E-state index in [1.165, 1.54) is 11.1 Å². The zero-order valence-electron chi connectivity index (χ0n) is 11.8. The summed E-state index contributed by atoms with van der Waals surface area (Å²) in [6, 6.07) is 19.4. The van der Waals surface area contributed by atoms with E-state index in [1.807, 2.05) is 0 Å². The maximum Gasteiger partial charge on any atom is 0.102 e. The third kappa shape index (κ3) is 2.70. The number of fused-ring (bicyclic) bond motifs is 1. The average molecular weight is 287 g/mol. The highest BCUT2D eigenvalue weighted by Gasteiger charge is 2.22. The zero-order valence-corrected chi connectivity index (χ0v) is 12.6. The molecule has 2 aromatic carbocycles. The van der Waals surface area contributed by atoms with Crippen molar-refractivity contribution in [1.82, 2.24) is 4.90 Å². The molecular formula is C17H19ClN2. The molecule has 0 fully saturated rings. The van der Waals surface area contributed by atoms with Crippen molar-refractivity contribution >= 4 is 23.9 Å². The average Bonchev–Trinajstić information content (AvgIpc) is 2.58. The molecular weight excluding hydrogens is 268 g/mol. The van der Waals surface area contributed by atoms with Crippen molar-refractivity contribution in [2.45, 2.75) is 19.4 Å². The van der Waals surface area contributed by atoms with E-state index in [4.69, 9.17) is 4.99 Å². The highest BCUT2D eigenvalue weighted by molar-refractivity contribution is 5.85. The van der Waals surface area contributed by atoms with E-state index in [9.17, 15) is 0 Å². The predicted octanol–water partition coefficient (Wildman–Crippen LogP) is 4.39. The van der Waals surface area contributed by atoms with Gasteiger partial charge in [-0.1, -0.05) is 48.5 Å². The number of halogens is 1. The minimum atomic E-state index is 0. The third-order valence-electron chi connectivity index (χ3n) is 3.85. The number of amidine groups is 1. The van der Waals surface area contributed by atoms with E-state index in [1.54, 1.807) is 0 Å². The van der Waals surface area contributed by atoms with Crippen LogP contribution in [-0.4, -0.2) is 17.8 Å². The maximum absolute atomic E-state index is 4.74. The largest absolute Gasteiger partial charge is 0.356 e. The molecule has 1 aliphatic heterocycles. The first-order chi connectivity index (χ1) is 9.25. The second-order valence-corrected chi connectivity index (χ2v) is 5.03. The zero-order chi connectivity index (χ0) is 13.2. The van der Waals surface area contributed by atoms with Crippen LogP contribution in [0, 0.1) is 0 Å². The van der Waals surface area contributed by atoms with Crippen molar-refractivity contribution in [3.05, 3.63) is 65.7 Å². The lowest BCUT2D eigenvalue weighted by Gasteiger charge is -2.28. The highest BCUT2D eigenvalue weighted by Crippen LogP contribution is 2.32. The van der Waals surface area contributed by atoms with Crippen molar-refractivity contribution in [3.63, 3.8) is 0 Å². The molecule has 20 heavy (non-hydrogen) atoms. The normalized spacial score (nSPS) is 17.6. The minimum absolute atomic E-state index is 0. The van der Waals surface area contributed by atoms with Gasteiger partial charge in [-0.3, -0.25) is 0 Å². The Kier molecular flexibility index (Phi) is 4.46. The van der Waals surface area contributed by atoms with E-state index in [-0.39, 0.29) is 12.4 Å². The predicted molar refractivity (Wildman–Crippen MR) is 87.1 cm³/mol. The van der Waals surface area contributed by atoms with Crippen LogP contribution in [0.3, 0.4) is 0 Å². The molecule has 0 N–H and O–H groups in total. The van der Waals surface area contributed by atoms with Gasteiger partial charge in [-0.15, -0.1) is 12.4 Å². The fraction of sp³-hybridized carbons (Fsp3) is 0.235. The Hall–Kier alpha value is -1.80. The molecule has 0 spiro atoms. The Labute approximate surface area is 126 Å². The summed E-state index contributed by atoms with van der Waals surface area (Å²) in [5.41, 5.74) is 3.77. The number of benzene rings is 2. The fourth-order valence-electron chi connectivity index (χ4n) is 2.63. The number of nitrogens with zero attached hydrogens (tertiary/aromatic N) is 2. The van der Waals surface area contributed by atoms with Gasteiger partial charge >= 0.3 is 0 Å². The molecule has 2 nitrogen and oxygen atoms in total. The maximum atomic E-state index is 4.74. The molecule has 0 amide bonds. The summed E-state index contributed by atoms with van der Waals surface area (Å²) in [4.78, 5) is 7.01. The van der Waals surface area contributed by atoms with Crippen molar-refractivity contribution in [2.24, 2.45) is 4.99 Å². The van der Waals surface area contributed by atoms with Gasteiger partial charge < -0.3 is 4.90 Å². The molecule has 1 heterocycles. The van der Waals surface area contributed by atoms with Gasteiger partial charge in [0.25, 0.3) is 0 Å². The molecule has 0 saturated heterocycles. The van der Waals surface area contributed by atoms with Gasteiger partial charge in [0.15, 0.2) is 0 Å². The standard InChI is InChI=1S/C17H18N2.ClH/c1-13-18-16-11-7-6-10-15(16)12-17(19(13)2)14-8-4-3-5-9-14;/h3-11,17H,12H2,1-2H3;1H/t17-;/m1./s1. The Morgan fingerprint density at radius 2 is 1.65 bits per heavy atom. The topological polar surface area (TPSA) is 15.6 Å². The number of hydrogen-bond donors (Lipinski definition) is 0. The van der Waals surface area contributed by atoms with Crippen LogP contribution in [0.15, 0.2) is 59.6 Å². The quantitative estimate of drug-likeness (QED) is 0.759. The Morgan fingerprint density at radius 1 is 1.00 bits per heavy atom. The van der Waals surface area contributed by atoms with Gasteiger partial charge in [0.2, 0.25) is 0 Å². The fourth-order valence-corrected chi connectivity index (χ4v) is 2.63. The first-order valence-corrected chi connectivity index (χ1v) is 6.66. The Bertz CT molecular complexity index is 607. The van der Waals surface area contributed by atoms with Crippen LogP contribution in [0.5, 0.6) is 0 Å². The van der Waals surface area contributed by atoms with E-state index >= 15 is 0 Å². The summed E-state index contributed by atoms with van der Waals surface area (Å²) in [5, 5.41) is 0. The van der Waals surface area contributed by atoms with Gasteiger partial charge in [-0.2, -0.15) is 0 Å². The SMILES string of the molecule is CC1=Nc2ccccc2C[C@H](c2ccccc2)N1C.Cl.